The number of fused-ring (bicyclic) bond motifs is 7. The second-order valence-corrected chi connectivity index (χ2v) is 6.60. The SMILES string of the molecule is O=C1CC2(O)CC(=O)OC3C4=C5CC=CC=C5N=C4C(O1)OC3OC2=O. The summed E-state index contributed by atoms with van der Waals surface area (Å²) in [5.74, 6) is -2.87. The largest absolute Gasteiger partial charge is 0.451 e. The zero-order chi connectivity index (χ0) is 18.1. The van der Waals surface area contributed by atoms with Crippen molar-refractivity contribution in [3.8, 4) is 0 Å². The molecule has 3 bridgehead atoms. The van der Waals surface area contributed by atoms with Gasteiger partial charge in [-0.25, -0.2) is 9.79 Å². The molecule has 0 radical (unpaired) electrons. The first kappa shape index (κ1) is 15.5. The van der Waals surface area contributed by atoms with Crippen molar-refractivity contribution >= 4 is 23.6 Å². The molecule has 134 valence electrons. The summed E-state index contributed by atoms with van der Waals surface area (Å²) in [5, 5.41) is 10.5. The highest BCUT2D eigenvalue weighted by molar-refractivity contribution is 6.10. The van der Waals surface area contributed by atoms with Crippen LogP contribution in [-0.4, -0.2) is 53.0 Å². The Hall–Kier alpha value is -2.78. The average Bonchev–Trinajstić information content (AvgIpc) is 2.96. The van der Waals surface area contributed by atoms with Crippen LogP contribution in [0.15, 0.2) is 40.1 Å². The van der Waals surface area contributed by atoms with Crippen LogP contribution in [0.5, 0.6) is 0 Å². The maximum atomic E-state index is 12.4. The van der Waals surface area contributed by atoms with Crippen LogP contribution in [0, 0.1) is 0 Å². The van der Waals surface area contributed by atoms with Crippen molar-refractivity contribution in [2.75, 3.05) is 0 Å². The molecule has 4 unspecified atom stereocenters. The molecule has 26 heavy (non-hydrogen) atoms. The van der Waals surface area contributed by atoms with Gasteiger partial charge in [-0.3, -0.25) is 14.3 Å². The summed E-state index contributed by atoms with van der Waals surface area (Å²) in [5.41, 5.74) is -0.0849. The summed E-state index contributed by atoms with van der Waals surface area (Å²) in [4.78, 5) is 41.4. The van der Waals surface area contributed by atoms with Crippen molar-refractivity contribution in [3.05, 3.63) is 35.1 Å². The van der Waals surface area contributed by atoms with Gasteiger partial charge in [0.15, 0.2) is 11.7 Å². The molecule has 0 aromatic heterocycles. The lowest BCUT2D eigenvalue weighted by molar-refractivity contribution is -0.254. The van der Waals surface area contributed by atoms with E-state index in [9.17, 15) is 19.5 Å². The predicted octanol–water partition coefficient (Wildman–Crippen LogP) is -0.200. The molecular formula is C17H13NO8. The highest BCUT2D eigenvalue weighted by atomic mass is 16.8. The highest BCUT2D eigenvalue weighted by Crippen LogP contribution is 2.42. The minimum Gasteiger partial charge on any atom is -0.451 e. The first-order valence-corrected chi connectivity index (χ1v) is 8.12. The van der Waals surface area contributed by atoms with Crippen LogP contribution in [0.3, 0.4) is 0 Å². The van der Waals surface area contributed by atoms with Gasteiger partial charge in [0.25, 0.3) is 6.29 Å². The summed E-state index contributed by atoms with van der Waals surface area (Å²) >= 11 is 0. The molecule has 3 fully saturated rings. The van der Waals surface area contributed by atoms with Crippen molar-refractivity contribution in [2.45, 2.75) is 43.5 Å². The van der Waals surface area contributed by atoms with E-state index in [2.05, 4.69) is 4.99 Å². The molecule has 5 rings (SSSR count). The van der Waals surface area contributed by atoms with Gasteiger partial charge >= 0.3 is 17.9 Å². The Morgan fingerprint density at radius 2 is 1.88 bits per heavy atom. The molecule has 0 saturated carbocycles. The number of carbonyl (C=O) groups is 3. The third kappa shape index (κ3) is 2.10. The molecule has 3 saturated heterocycles. The highest BCUT2D eigenvalue weighted by Gasteiger charge is 2.56. The molecule has 5 aliphatic rings. The van der Waals surface area contributed by atoms with Crippen molar-refractivity contribution < 1.29 is 38.4 Å². The van der Waals surface area contributed by atoms with Gasteiger partial charge in [0, 0.05) is 5.57 Å². The van der Waals surface area contributed by atoms with E-state index in [4.69, 9.17) is 18.9 Å². The van der Waals surface area contributed by atoms with E-state index in [1.54, 1.807) is 6.08 Å². The Labute approximate surface area is 146 Å². The van der Waals surface area contributed by atoms with E-state index >= 15 is 0 Å². The molecule has 9 heteroatoms. The number of aliphatic hydroxyl groups is 1. The summed E-state index contributed by atoms with van der Waals surface area (Å²) in [6, 6.07) is 0. The van der Waals surface area contributed by atoms with Gasteiger partial charge in [-0.05, 0) is 18.1 Å². The molecule has 0 aromatic rings. The molecule has 4 aliphatic heterocycles. The number of carbonyl (C=O) groups excluding carboxylic acids is 3. The molecule has 0 amide bonds. The normalized spacial score (nSPS) is 37.9. The van der Waals surface area contributed by atoms with Gasteiger partial charge in [0.1, 0.15) is 5.71 Å². The maximum absolute atomic E-state index is 12.4. The standard InChI is InChI=1S/C17H13NO8/c19-9-5-17(22)6-10(20)24-14-12-11(7-3-1-2-4-8(7)18-12)13(23-9)15(25-14)26-16(17)21/h1-2,4,13-15,22H,3,5-6H2. The molecule has 0 aromatic carbocycles. The van der Waals surface area contributed by atoms with Crippen LogP contribution in [0.25, 0.3) is 0 Å². The maximum Gasteiger partial charge on any atom is 0.341 e. The van der Waals surface area contributed by atoms with Crippen molar-refractivity contribution in [1.82, 2.24) is 0 Å². The lowest BCUT2D eigenvalue weighted by atomic mass is 9.91. The molecule has 4 heterocycles. The van der Waals surface area contributed by atoms with E-state index in [0.29, 0.717) is 23.4 Å². The Bertz CT molecular complexity index is 881. The number of allylic oxidation sites excluding steroid dienone is 4. The minimum atomic E-state index is -2.35. The Balaban J connectivity index is 1.70. The summed E-state index contributed by atoms with van der Waals surface area (Å²) in [7, 11) is 0. The van der Waals surface area contributed by atoms with Gasteiger partial charge in [0.2, 0.25) is 6.29 Å². The smallest absolute Gasteiger partial charge is 0.341 e. The van der Waals surface area contributed by atoms with E-state index in [-0.39, 0.29) is 0 Å². The summed E-state index contributed by atoms with van der Waals surface area (Å²) in [6.45, 7) is 0. The predicted molar refractivity (Wildman–Crippen MR) is 81.2 cm³/mol. The Kier molecular flexibility index (Phi) is 3.05. The molecule has 1 aliphatic carbocycles. The number of ether oxygens (including phenoxy) is 4. The van der Waals surface area contributed by atoms with Crippen LogP contribution in [0.1, 0.15) is 19.3 Å². The van der Waals surface area contributed by atoms with E-state index in [1.807, 2.05) is 12.2 Å². The Morgan fingerprint density at radius 3 is 2.69 bits per heavy atom. The average molecular weight is 359 g/mol. The minimum absolute atomic E-state index is 0.306. The third-order valence-electron chi connectivity index (χ3n) is 4.85. The molecule has 0 spiro atoms. The van der Waals surface area contributed by atoms with Crippen LogP contribution in [0.2, 0.25) is 0 Å². The van der Waals surface area contributed by atoms with Gasteiger partial charge in [-0.15, -0.1) is 0 Å². The first-order valence-electron chi connectivity index (χ1n) is 8.12. The monoisotopic (exact) mass is 359 g/mol. The van der Waals surface area contributed by atoms with Gasteiger partial charge < -0.3 is 19.3 Å². The zero-order valence-corrected chi connectivity index (χ0v) is 13.3. The van der Waals surface area contributed by atoms with Crippen LogP contribution >= 0.6 is 0 Å². The molecule has 9 nitrogen and oxygen atoms in total. The topological polar surface area (TPSA) is 121 Å². The molecule has 4 atom stereocenters. The van der Waals surface area contributed by atoms with Crippen molar-refractivity contribution in [1.29, 1.82) is 0 Å². The fourth-order valence-corrected chi connectivity index (χ4v) is 3.67. The number of rotatable bonds is 0. The number of nitrogens with zero attached hydrogens (tertiary/aromatic N) is 1. The fourth-order valence-electron chi connectivity index (χ4n) is 3.67. The lowest BCUT2D eigenvalue weighted by Crippen LogP contribution is -2.54. The van der Waals surface area contributed by atoms with E-state index < -0.39 is 55.0 Å². The van der Waals surface area contributed by atoms with Crippen molar-refractivity contribution in [3.63, 3.8) is 0 Å². The second-order valence-electron chi connectivity index (χ2n) is 6.60. The molecule has 1 N–H and O–H groups in total. The quantitative estimate of drug-likeness (QED) is 0.466. The summed E-state index contributed by atoms with van der Waals surface area (Å²) in [6.07, 6.45) is 0.992. The number of hydrogen-bond acceptors (Lipinski definition) is 9. The summed E-state index contributed by atoms with van der Waals surface area (Å²) < 4.78 is 21.6. The van der Waals surface area contributed by atoms with Gasteiger partial charge in [0.05, 0.1) is 18.5 Å². The van der Waals surface area contributed by atoms with Gasteiger partial charge in [-0.1, -0.05) is 12.2 Å². The van der Waals surface area contributed by atoms with E-state index in [1.165, 1.54) is 0 Å². The second kappa shape index (κ2) is 5.12. The number of aliphatic imine (C=N–C) groups is 1. The third-order valence-corrected chi connectivity index (χ3v) is 4.85. The molecular weight excluding hydrogens is 346 g/mol. The zero-order valence-electron chi connectivity index (χ0n) is 13.3. The number of hydrogen-bond donors (Lipinski definition) is 1. The van der Waals surface area contributed by atoms with Crippen LogP contribution in [0.4, 0.5) is 0 Å². The fraction of sp³-hybridized carbons (Fsp3) is 0.412. The lowest BCUT2D eigenvalue weighted by Gasteiger charge is -2.38. The van der Waals surface area contributed by atoms with E-state index in [0.717, 1.165) is 5.57 Å². The van der Waals surface area contributed by atoms with Crippen LogP contribution < -0.4 is 0 Å². The first-order chi connectivity index (χ1) is 12.4. The van der Waals surface area contributed by atoms with Gasteiger partial charge in [-0.2, -0.15) is 0 Å². The number of esters is 3. The van der Waals surface area contributed by atoms with Crippen molar-refractivity contribution in [2.24, 2.45) is 4.99 Å². The van der Waals surface area contributed by atoms with Crippen LogP contribution in [-0.2, 0) is 33.3 Å². The Morgan fingerprint density at radius 1 is 1.12 bits per heavy atom.